The van der Waals surface area contributed by atoms with E-state index in [1.807, 2.05) is 13.0 Å². The van der Waals surface area contributed by atoms with Gasteiger partial charge in [0.15, 0.2) is 0 Å². The van der Waals surface area contributed by atoms with Crippen molar-refractivity contribution in [1.82, 2.24) is 5.32 Å². The van der Waals surface area contributed by atoms with Crippen molar-refractivity contribution < 1.29 is 4.74 Å². The van der Waals surface area contributed by atoms with E-state index in [-0.39, 0.29) is 0 Å². The molecule has 2 aromatic carbocycles. The molecule has 0 fully saturated rings. The fraction of sp³-hybridized carbons (Fsp3) is 0.263. The SMILES string of the molecule is CCOCc1ccccc1CNCC=Cc1ccccc1. The van der Waals surface area contributed by atoms with Crippen molar-refractivity contribution in [3.05, 3.63) is 77.4 Å². The highest BCUT2D eigenvalue weighted by Crippen LogP contribution is 2.10. The molecule has 2 aromatic rings. The number of rotatable bonds is 8. The van der Waals surface area contributed by atoms with Gasteiger partial charge in [-0.1, -0.05) is 66.7 Å². The molecule has 0 amide bonds. The number of hydrogen-bond donors (Lipinski definition) is 1. The van der Waals surface area contributed by atoms with Crippen molar-refractivity contribution in [3.8, 4) is 0 Å². The predicted molar refractivity (Wildman–Crippen MR) is 89.0 cm³/mol. The smallest absolute Gasteiger partial charge is 0.0719 e. The van der Waals surface area contributed by atoms with E-state index in [0.717, 1.165) is 19.7 Å². The lowest BCUT2D eigenvalue weighted by Crippen LogP contribution is -2.14. The molecule has 0 saturated carbocycles. The lowest BCUT2D eigenvalue weighted by molar-refractivity contribution is 0.133. The molecule has 0 heterocycles. The first-order valence-electron chi connectivity index (χ1n) is 7.47. The minimum atomic E-state index is 0.689. The molecule has 0 atom stereocenters. The Labute approximate surface area is 127 Å². The second kappa shape index (κ2) is 9.11. The minimum Gasteiger partial charge on any atom is -0.377 e. The molecular formula is C19H23NO. The molecule has 0 bridgehead atoms. The molecule has 0 unspecified atom stereocenters. The number of ether oxygens (including phenoxy) is 1. The van der Waals surface area contributed by atoms with Gasteiger partial charge in [0.25, 0.3) is 0 Å². The lowest BCUT2D eigenvalue weighted by atomic mass is 10.1. The highest BCUT2D eigenvalue weighted by Gasteiger charge is 2.00. The summed E-state index contributed by atoms with van der Waals surface area (Å²) in [5.74, 6) is 0. The van der Waals surface area contributed by atoms with E-state index in [2.05, 4.69) is 66.0 Å². The predicted octanol–water partition coefficient (Wildman–Crippen LogP) is 4.03. The van der Waals surface area contributed by atoms with Gasteiger partial charge >= 0.3 is 0 Å². The molecule has 21 heavy (non-hydrogen) atoms. The summed E-state index contributed by atoms with van der Waals surface area (Å²) >= 11 is 0. The van der Waals surface area contributed by atoms with Gasteiger partial charge in [-0.2, -0.15) is 0 Å². The molecule has 0 radical (unpaired) electrons. The molecule has 0 aromatic heterocycles. The van der Waals surface area contributed by atoms with Crippen LogP contribution in [0.15, 0.2) is 60.7 Å². The average molecular weight is 281 g/mol. The Morgan fingerprint density at radius 3 is 2.43 bits per heavy atom. The van der Waals surface area contributed by atoms with Crippen molar-refractivity contribution in [1.29, 1.82) is 0 Å². The average Bonchev–Trinajstić information content (AvgIpc) is 2.54. The molecule has 2 rings (SSSR count). The third kappa shape index (κ3) is 5.54. The van der Waals surface area contributed by atoms with Gasteiger partial charge in [0.2, 0.25) is 0 Å². The van der Waals surface area contributed by atoms with Gasteiger partial charge in [0.1, 0.15) is 0 Å². The van der Waals surface area contributed by atoms with Crippen LogP contribution in [0.25, 0.3) is 6.08 Å². The van der Waals surface area contributed by atoms with Crippen LogP contribution in [0, 0.1) is 0 Å². The molecule has 2 nitrogen and oxygen atoms in total. The van der Waals surface area contributed by atoms with Crippen LogP contribution in [-0.2, 0) is 17.9 Å². The van der Waals surface area contributed by atoms with Gasteiger partial charge < -0.3 is 10.1 Å². The minimum absolute atomic E-state index is 0.689. The molecule has 110 valence electrons. The Morgan fingerprint density at radius 1 is 0.952 bits per heavy atom. The molecule has 0 aliphatic rings. The lowest BCUT2D eigenvalue weighted by Gasteiger charge is -2.09. The highest BCUT2D eigenvalue weighted by atomic mass is 16.5. The summed E-state index contributed by atoms with van der Waals surface area (Å²) in [7, 11) is 0. The first-order chi connectivity index (χ1) is 10.4. The number of hydrogen-bond acceptors (Lipinski definition) is 2. The summed E-state index contributed by atoms with van der Waals surface area (Å²) in [6.07, 6.45) is 4.29. The van der Waals surface area contributed by atoms with Gasteiger partial charge in [-0.3, -0.25) is 0 Å². The standard InChI is InChI=1S/C19H23NO/c1-2-21-16-19-13-7-6-12-18(19)15-20-14-8-11-17-9-4-3-5-10-17/h3-13,20H,2,14-16H2,1H3. The monoisotopic (exact) mass is 281 g/mol. The molecule has 1 N–H and O–H groups in total. The van der Waals surface area contributed by atoms with Gasteiger partial charge in [-0.05, 0) is 23.6 Å². The van der Waals surface area contributed by atoms with E-state index in [0.29, 0.717) is 6.61 Å². The van der Waals surface area contributed by atoms with Crippen LogP contribution in [0.4, 0.5) is 0 Å². The van der Waals surface area contributed by atoms with Crippen LogP contribution in [-0.4, -0.2) is 13.2 Å². The topological polar surface area (TPSA) is 21.3 Å². The first-order valence-corrected chi connectivity index (χ1v) is 7.47. The van der Waals surface area contributed by atoms with E-state index in [9.17, 15) is 0 Å². The Kier molecular flexibility index (Phi) is 6.72. The Balaban J connectivity index is 1.79. The van der Waals surface area contributed by atoms with Crippen LogP contribution in [0.3, 0.4) is 0 Å². The van der Waals surface area contributed by atoms with Gasteiger partial charge in [0, 0.05) is 19.7 Å². The molecule has 0 aliphatic carbocycles. The van der Waals surface area contributed by atoms with Gasteiger partial charge in [-0.15, -0.1) is 0 Å². The first kappa shape index (κ1) is 15.5. The van der Waals surface area contributed by atoms with Crippen molar-refractivity contribution in [2.75, 3.05) is 13.2 Å². The van der Waals surface area contributed by atoms with Crippen LogP contribution < -0.4 is 5.32 Å². The fourth-order valence-electron chi connectivity index (χ4n) is 2.13. The zero-order chi connectivity index (χ0) is 14.8. The van der Waals surface area contributed by atoms with Gasteiger partial charge in [0.05, 0.1) is 6.61 Å². The molecular weight excluding hydrogens is 258 g/mol. The van der Waals surface area contributed by atoms with E-state index >= 15 is 0 Å². The fourth-order valence-corrected chi connectivity index (χ4v) is 2.13. The molecule has 0 spiro atoms. The normalized spacial score (nSPS) is 11.1. The second-order valence-corrected chi connectivity index (χ2v) is 4.85. The molecule has 0 saturated heterocycles. The van der Waals surface area contributed by atoms with Crippen LogP contribution >= 0.6 is 0 Å². The summed E-state index contributed by atoms with van der Waals surface area (Å²) < 4.78 is 5.50. The maximum absolute atomic E-state index is 5.50. The van der Waals surface area contributed by atoms with E-state index in [4.69, 9.17) is 4.74 Å². The van der Waals surface area contributed by atoms with Crippen LogP contribution in [0.5, 0.6) is 0 Å². The number of nitrogens with one attached hydrogen (secondary N) is 1. The zero-order valence-electron chi connectivity index (χ0n) is 12.6. The largest absolute Gasteiger partial charge is 0.377 e. The van der Waals surface area contributed by atoms with E-state index in [1.165, 1.54) is 16.7 Å². The highest BCUT2D eigenvalue weighted by molar-refractivity contribution is 5.48. The Morgan fingerprint density at radius 2 is 1.67 bits per heavy atom. The molecule has 2 heteroatoms. The Bertz CT molecular complexity index is 549. The Hall–Kier alpha value is -1.90. The summed E-state index contributed by atoms with van der Waals surface area (Å²) in [4.78, 5) is 0. The van der Waals surface area contributed by atoms with E-state index in [1.54, 1.807) is 0 Å². The van der Waals surface area contributed by atoms with Crippen LogP contribution in [0.2, 0.25) is 0 Å². The maximum atomic E-state index is 5.50. The quantitative estimate of drug-likeness (QED) is 0.738. The third-order valence-corrected chi connectivity index (χ3v) is 3.27. The van der Waals surface area contributed by atoms with Crippen molar-refractivity contribution >= 4 is 6.08 Å². The summed E-state index contributed by atoms with van der Waals surface area (Å²) in [6.45, 7) is 5.19. The maximum Gasteiger partial charge on any atom is 0.0719 e. The van der Waals surface area contributed by atoms with Crippen molar-refractivity contribution in [2.24, 2.45) is 0 Å². The zero-order valence-corrected chi connectivity index (χ0v) is 12.6. The second-order valence-electron chi connectivity index (χ2n) is 4.85. The van der Waals surface area contributed by atoms with Crippen molar-refractivity contribution in [3.63, 3.8) is 0 Å². The molecule has 0 aliphatic heterocycles. The summed E-state index contributed by atoms with van der Waals surface area (Å²) in [6, 6.07) is 18.8. The number of benzene rings is 2. The summed E-state index contributed by atoms with van der Waals surface area (Å²) in [5.41, 5.74) is 3.80. The van der Waals surface area contributed by atoms with E-state index < -0.39 is 0 Å². The van der Waals surface area contributed by atoms with Crippen LogP contribution in [0.1, 0.15) is 23.6 Å². The van der Waals surface area contributed by atoms with Gasteiger partial charge in [-0.25, -0.2) is 0 Å². The van der Waals surface area contributed by atoms with Crippen molar-refractivity contribution in [2.45, 2.75) is 20.1 Å². The summed E-state index contributed by atoms with van der Waals surface area (Å²) in [5, 5.41) is 3.45. The third-order valence-electron chi connectivity index (χ3n) is 3.27.